The van der Waals surface area contributed by atoms with Crippen molar-refractivity contribution in [2.75, 3.05) is 13.2 Å². The maximum absolute atomic E-state index is 12.5. The standard InChI is InChI=1S/C14H24N2O2/c17-9-10-3-1-5-13(10)16-8-2-4-12(14(16)18)15-11-6-7-11/h10-13,15,17H,1-9H2. The number of nitrogens with zero attached hydrogens (tertiary/aromatic N) is 1. The molecule has 18 heavy (non-hydrogen) atoms. The van der Waals surface area contributed by atoms with E-state index in [1.807, 2.05) is 0 Å². The largest absolute Gasteiger partial charge is 0.396 e. The molecule has 0 bridgehead atoms. The normalized spacial score (nSPS) is 37.3. The molecule has 0 aromatic carbocycles. The molecule has 2 saturated carbocycles. The first-order valence-electron chi connectivity index (χ1n) is 7.47. The Hall–Kier alpha value is -0.610. The van der Waals surface area contributed by atoms with Crippen LogP contribution in [0.4, 0.5) is 0 Å². The minimum absolute atomic E-state index is 0.0474. The molecule has 2 aliphatic carbocycles. The zero-order valence-corrected chi connectivity index (χ0v) is 11.0. The zero-order chi connectivity index (χ0) is 12.5. The van der Waals surface area contributed by atoms with Gasteiger partial charge in [0, 0.05) is 31.2 Å². The van der Waals surface area contributed by atoms with Crippen LogP contribution in [0.1, 0.15) is 44.9 Å². The highest BCUT2D eigenvalue weighted by Crippen LogP contribution is 2.32. The van der Waals surface area contributed by atoms with Crippen molar-refractivity contribution < 1.29 is 9.90 Å². The molecule has 4 nitrogen and oxygen atoms in total. The predicted octanol–water partition coefficient (Wildman–Crippen LogP) is 0.890. The summed E-state index contributed by atoms with van der Waals surface area (Å²) < 4.78 is 0. The Labute approximate surface area is 109 Å². The van der Waals surface area contributed by atoms with E-state index in [-0.39, 0.29) is 12.6 Å². The van der Waals surface area contributed by atoms with Crippen LogP contribution in [0, 0.1) is 5.92 Å². The number of aliphatic hydroxyl groups excluding tert-OH is 1. The Morgan fingerprint density at radius 3 is 2.72 bits per heavy atom. The lowest BCUT2D eigenvalue weighted by Crippen LogP contribution is -2.55. The average molecular weight is 252 g/mol. The van der Waals surface area contributed by atoms with Crippen molar-refractivity contribution in [1.29, 1.82) is 0 Å². The highest BCUT2D eigenvalue weighted by molar-refractivity contribution is 5.83. The minimum Gasteiger partial charge on any atom is -0.396 e. The predicted molar refractivity (Wildman–Crippen MR) is 69.1 cm³/mol. The molecule has 3 unspecified atom stereocenters. The smallest absolute Gasteiger partial charge is 0.239 e. The van der Waals surface area contributed by atoms with E-state index >= 15 is 0 Å². The van der Waals surface area contributed by atoms with Gasteiger partial charge < -0.3 is 15.3 Å². The van der Waals surface area contributed by atoms with E-state index in [2.05, 4.69) is 10.2 Å². The first-order chi connectivity index (χ1) is 8.79. The van der Waals surface area contributed by atoms with Gasteiger partial charge in [-0.1, -0.05) is 6.42 Å². The van der Waals surface area contributed by atoms with Crippen LogP contribution >= 0.6 is 0 Å². The Morgan fingerprint density at radius 2 is 2.00 bits per heavy atom. The lowest BCUT2D eigenvalue weighted by molar-refractivity contribution is -0.139. The first kappa shape index (κ1) is 12.4. The fourth-order valence-corrected chi connectivity index (χ4v) is 3.56. The van der Waals surface area contributed by atoms with E-state index in [1.165, 1.54) is 12.8 Å². The summed E-state index contributed by atoms with van der Waals surface area (Å²) >= 11 is 0. The van der Waals surface area contributed by atoms with E-state index in [4.69, 9.17) is 0 Å². The quantitative estimate of drug-likeness (QED) is 0.781. The van der Waals surface area contributed by atoms with Gasteiger partial charge in [-0.3, -0.25) is 4.79 Å². The molecule has 2 N–H and O–H groups in total. The van der Waals surface area contributed by atoms with Gasteiger partial charge >= 0.3 is 0 Å². The number of amides is 1. The molecule has 1 heterocycles. The minimum atomic E-state index is 0.0474. The highest BCUT2D eigenvalue weighted by Gasteiger charge is 2.40. The number of carbonyl (C=O) groups excluding carboxylic acids is 1. The first-order valence-corrected chi connectivity index (χ1v) is 7.47. The van der Waals surface area contributed by atoms with Gasteiger partial charge in [0.05, 0.1) is 6.04 Å². The molecule has 0 aromatic heterocycles. The van der Waals surface area contributed by atoms with Gasteiger partial charge in [0.15, 0.2) is 0 Å². The lowest BCUT2D eigenvalue weighted by atomic mass is 9.97. The molecule has 0 radical (unpaired) electrons. The Bertz CT molecular complexity index is 317. The van der Waals surface area contributed by atoms with Gasteiger partial charge in [0.25, 0.3) is 0 Å². The van der Waals surface area contributed by atoms with Crippen molar-refractivity contribution in [3.63, 3.8) is 0 Å². The number of carbonyl (C=O) groups is 1. The van der Waals surface area contributed by atoms with Gasteiger partial charge in [-0.05, 0) is 38.5 Å². The molecule has 0 spiro atoms. The van der Waals surface area contributed by atoms with Crippen LogP contribution in [-0.4, -0.2) is 47.2 Å². The van der Waals surface area contributed by atoms with Gasteiger partial charge in [0.1, 0.15) is 0 Å². The number of nitrogens with one attached hydrogen (secondary N) is 1. The molecule has 4 heteroatoms. The van der Waals surface area contributed by atoms with E-state index in [0.29, 0.717) is 23.9 Å². The summed E-state index contributed by atoms with van der Waals surface area (Å²) in [5.41, 5.74) is 0. The number of hydrogen-bond acceptors (Lipinski definition) is 3. The molecule has 1 aliphatic heterocycles. The Kier molecular flexibility index (Phi) is 3.57. The summed E-state index contributed by atoms with van der Waals surface area (Å²) in [4.78, 5) is 14.6. The molecule has 3 rings (SSSR count). The Morgan fingerprint density at radius 1 is 1.17 bits per heavy atom. The van der Waals surface area contributed by atoms with E-state index in [0.717, 1.165) is 38.6 Å². The van der Waals surface area contributed by atoms with Crippen molar-refractivity contribution in [3.05, 3.63) is 0 Å². The van der Waals surface area contributed by atoms with E-state index in [1.54, 1.807) is 0 Å². The molecular weight excluding hydrogens is 228 g/mol. The molecule has 3 fully saturated rings. The maximum Gasteiger partial charge on any atom is 0.239 e. The van der Waals surface area contributed by atoms with Crippen LogP contribution in [0.25, 0.3) is 0 Å². The van der Waals surface area contributed by atoms with Gasteiger partial charge in [-0.15, -0.1) is 0 Å². The summed E-state index contributed by atoms with van der Waals surface area (Å²) in [6.45, 7) is 1.12. The zero-order valence-electron chi connectivity index (χ0n) is 11.0. The number of rotatable bonds is 4. The van der Waals surface area contributed by atoms with Crippen LogP contribution in [-0.2, 0) is 4.79 Å². The molecule has 3 atom stereocenters. The SMILES string of the molecule is O=C1C(NC2CC2)CCCN1C1CCCC1CO. The van der Waals surface area contributed by atoms with E-state index in [9.17, 15) is 9.90 Å². The van der Waals surface area contributed by atoms with Crippen molar-refractivity contribution in [2.24, 2.45) is 5.92 Å². The van der Waals surface area contributed by atoms with E-state index < -0.39 is 0 Å². The van der Waals surface area contributed by atoms with Crippen LogP contribution in [0.2, 0.25) is 0 Å². The summed E-state index contributed by atoms with van der Waals surface area (Å²) in [7, 11) is 0. The third-order valence-electron chi connectivity index (χ3n) is 4.74. The highest BCUT2D eigenvalue weighted by atomic mass is 16.3. The fraction of sp³-hybridized carbons (Fsp3) is 0.929. The van der Waals surface area contributed by atoms with Gasteiger partial charge in [0.2, 0.25) is 5.91 Å². The summed E-state index contributed by atoms with van der Waals surface area (Å²) in [5.74, 6) is 0.604. The van der Waals surface area contributed by atoms with Crippen LogP contribution < -0.4 is 5.32 Å². The van der Waals surface area contributed by atoms with Crippen LogP contribution in [0.15, 0.2) is 0 Å². The molecule has 0 aromatic rings. The number of likely N-dealkylation sites (tertiary alicyclic amines) is 1. The second-order valence-electron chi connectivity index (χ2n) is 6.11. The molecule has 1 saturated heterocycles. The monoisotopic (exact) mass is 252 g/mol. The second kappa shape index (κ2) is 5.17. The number of aliphatic hydroxyl groups is 1. The van der Waals surface area contributed by atoms with Crippen molar-refractivity contribution in [2.45, 2.75) is 63.1 Å². The summed E-state index contributed by atoms with van der Waals surface area (Å²) in [5, 5.41) is 12.9. The maximum atomic E-state index is 12.5. The number of hydrogen-bond donors (Lipinski definition) is 2. The molecule has 102 valence electrons. The number of piperidine rings is 1. The van der Waals surface area contributed by atoms with Crippen molar-refractivity contribution >= 4 is 5.91 Å². The topological polar surface area (TPSA) is 52.6 Å². The molecule has 1 amide bonds. The molecule has 3 aliphatic rings. The fourth-order valence-electron chi connectivity index (χ4n) is 3.56. The summed E-state index contributed by atoms with van der Waals surface area (Å²) in [6, 6.07) is 0.939. The van der Waals surface area contributed by atoms with Gasteiger partial charge in [-0.2, -0.15) is 0 Å². The molecular formula is C14H24N2O2. The lowest BCUT2D eigenvalue weighted by Gasteiger charge is -2.39. The van der Waals surface area contributed by atoms with Crippen LogP contribution in [0.3, 0.4) is 0 Å². The van der Waals surface area contributed by atoms with Gasteiger partial charge in [-0.25, -0.2) is 0 Å². The second-order valence-corrected chi connectivity index (χ2v) is 6.11. The Balaban J connectivity index is 1.65. The summed E-state index contributed by atoms with van der Waals surface area (Å²) in [6.07, 6.45) is 7.85. The average Bonchev–Trinajstić information content (AvgIpc) is 3.07. The van der Waals surface area contributed by atoms with Crippen molar-refractivity contribution in [3.8, 4) is 0 Å². The third-order valence-corrected chi connectivity index (χ3v) is 4.74. The van der Waals surface area contributed by atoms with Crippen molar-refractivity contribution in [1.82, 2.24) is 10.2 Å². The van der Waals surface area contributed by atoms with Crippen LogP contribution in [0.5, 0.6) is 0 Å². The third kappa shape index (κ3) is 2.41.